The summed E-state index contributed by atoms with van der Waals surface area (Å²) in [6.45, 7) is 0. The van der Waals surface area contributed by atoms with Crippen LogP contribution in [0.15, 0.2) is 60.1 Å². The van der Waals surface area contributed by atoms with Crippen LogP contribution in [0.2, 0.25) is 0 Å². The van der Waals surface area contributed by atoms with Crippen molar-refractivity contribution in [1.29, 1.82) is 0 Å². The van der Waals surface area contributed by atoms with Crippen molar-refractivity contribution in [3.63, 3.8) is 0 Å². The molecule has 0 atom stereocenters. The van der Waals surface area contributed by atoms with Gasteiger partial charge >= 0.3 is 0 Å². The second-order valence-electron chi connectivity index (χ2n) is 5.77. The lowest BCUT2D eigenvalue weighted by molar-refractivity contribution is 0.101. The van der Waals surface area contributed by atoms with Crippen molar-refractivity contribution in [2.75, 3.05) is 29.6 Å². The molecule has 6 nitrogen and oxygen atoms in total. The van der Waals surface area contributed by atoms with Crippen molar-refractivity contribution in [3.8, 4) is 0 Å². The van der Waals surface area contributed by atoms with E-state index in [1.165, 1.54) is 11.3 Å². The summed E-state index contributed by atoms with van der Waals surface area (Å²) in [5.74, 6) is 0.346. The summed E-state index contributed by atoms with van der Waals surface area (Å²) in [7, 11) is 3.80. The number of nitrogens with one attached hydrogen (secondary N) is 2. The van der Waals surface area contributed by atoms with Crippen LogP contribution in [0.1, 0.15) is 20.0 Å². The molecule has 0 aliphatic rings. The Kier molecular flexibility index (Phi) is 5.28. The number of benzene rings is 1. The number of amides is 2. The third-order valence-electron chi connectivity index (χ3n) is 3.59. The number of carbonyl (C=O) groups excluding carboxylic acids is 2. The average molecular weight is 366 g/mol. The normalized spacial score (nSPS) is 10.2. The summed E-state index contributed by atoms with van der Waals surface area (Å²) < 4.78 is 0. The minimum absolute atomic E-state index is 0.193. The van der Waals surface area contributed by atoms with E-state index in [2.05, 4.69) is 15.6 Å². The van der Waals surface area contributed by atoms with Gasteiger partial charge in [0.25, 0.3) is 11.8 Å². The van der Waals surface area contributed by atoms with Gasteiger partial charge in [0.15, 0.2) is 0 Å². The molecular weight excluding hydrogens is 348 g/mol. The zero-order valence-corrected chi connectivity index (χ0v) is 15.2. The van der Waals surface area contributed by atoms with E-state index in [4.69, 9.17) is 0 Å². The van der Waals surface area contributed by atoms with Gasteiger partial charge in [-0.1, -0.05) is 12.1 Å². The van der Waals surface area contributed by atoms with Gasteiger partial charge in [-0.3, -0.25) is 9.59 Å². The minimum atomic E-state index is -0.267. The van der Waals surface area contributed by atoms with Crippen molar-refractivity contribution < 1.29 is 9.59 Å². The molecule has 1 aromatic carbocycles. The monoisotopic (exact) mass is 366 g/mol. The van der Waals surface area contributed by atoms with Crippen LogP contribution in [0, 0.1) is 0 Å². The number of hydrogen-bond acceptors (Lipinski definition) is 5. The van der Waals surface area contributed by atoms with Gasteiger partial charge in [-0.15, -0.1) is 11.3 Å². The van der Waals surface area contributed by atoms with Gasteiger partial charge in [-0.05, 0) is 41.8 Å². The molecule has 0 aliphatic heterocycles. The van der Waals surface area contributed by atoms with E-state index in [0.29, 0.717) is 21.8 Å². The Hall–Kier alpha value is -3.19. The Labute approximate surface area is 155 Å². The number of thiophene rings is 1. The molecule has 0 spiro atoms. The zero-order valence-electron chi connectivity index (χ0n) is 14.4. The number of nitrogens with zero attached hydrogens (tertiary/aromatic N) is 2. The maximum absolute atomic E-state index is 12.4. The average Bonchev–Trinajstić information content (AvgIpc) is 3.17. The number of aromatic nitrogens is 1. The maximum Gasteiger partial charge on any atom is 0.265 e. The molecule has 26 heavy (non-hydrogen) atoms. The first-order valence-corrected chi connectivity index (χ1v) is 8.80. The van der Waals surface area contributed by atoms with Crippen LogP contribution >= 0.6 is 11.3 Å². The molecule has 2 heterocycles. The zero-order chi connectivity index (χ0) is 18.5. The van der Waals surface area contributed by atoms with Crippen LogP contribution in [0.4, 0.5) is 17.2 Å². The summed E-state index contributed by atoms with van der Waals surface area (Å²) in [6, 6.07) is 14.0. The molecular formula is C19H18N4O2S. The molecule has 7 heteroatoms. The third kappa shape index (κ3) is 4.25. The van der Waals surface area contributed by atoms with Gasteiger partial charge in [-0.25, -0.2) is 4.98 Å². The van der Waals surface area contributed by atoms with E-state index >= 15 is 0 Å². The highest BCUT2D eigenvalue weighted by Gasteiger charge is 2.10. The molecule has 2 aromatic heterocycles. The third-order valence-corrected chi connectivity index (χ3v) is 4.46. The predicted octanol–water partition coefficient (Wildman–Crippen LogP) is 3.71. The first-order valence-electron chi connectivity index (χ1n) is 7.92. The molecule has 3 aromatic rings. The van der Waals surface area contributed by atoms with Crippen LogP contribution in [0.3, 0.4) is 0 Å². The fourth-order valence-electron chi connectivity index (χ4n) is 2.27. The quantitative estimate of drug-likeness (QED) is 0.722. The van der Waals surface area contributed by atoms with E-state index < -0.39 is 0 Å². The van der Waals surface area contributed by atoms with Crippen molar-refractivity contribution in [3.05, 3.63) is 70.5 Å². The van der Waals surface area contributed by atoms with Gasteiger partial charge in [0.05, 0.1) is 16.8 Å². The van der Waals surface area contributed by atoms with Gasteiger partial charge in [0, 0.05) is 25.3 Å². The lowest BCUT2D eigenvalue weighted by Crippen LogP contribution is -2.15. The smallest absolute Gasteiger partial charge is 0.265 e. The summed E-state index contributed by atoms with van der Waals surface area (Å²) in [4.78, 5) is 31.3. The summed E-state index contributed by atoms with van der Waals surface area (Å²) in [6.07, 6.45) is 1.61. The van der Waals surface area contributed by atoms with Crippen LogP contribution < -0.4 is 15.5 Å². The first-order chi connectivity index (χ1) is 12.5. The standard InChI is InChI=1S/C19H18N4O2S/c1-23(2)17-9-8-15(12-20-17)22-18(24)13-5-3-6-14(11-13)21-19(25)16-7-4-10-26-16/h3-12H,1-2H3,(H,21,25)(H,22,24). The Balaban J connectivity index is 1.69. The highest BCUT2D eigenvalue weighted by atomic mass is 32.1. The second-order valence-corrected chi connectivity index (χ2v) is 6.71. The van der Waals surface area contributed by atoms with E-state index in [1.807, 2.05) is 36.5 Å². The lowest BCUT2D eigenvalue weighted by atomic mass is 10.2. The van der Waals surface area contributed by atoms with E-state index in [9.17, 15) is 9.59 Å². The number of pyridine rings is 1. The predicted molar refractivity (Wildman–Crippen MR) is 105 cm³/mol. The fourth-order valence-corrected chi connectivity index (χ4v) is 2.89. The molecule has 3 rings (SSSR count). The Morgan fingerprint density at radius 2 is 1.77 bits per heavy atom. The molecule has 0 bridgehead atoms. The summed E-state index contributed by atoms with van der Waals surface area (Å²) in [5.41, 5.74) is 1.62. The molecule has 132 valence electrons. The minimum Gasteiger partial charge on any atom is -0.363 e. The highest BCUT2D eigenvalue weighted by molar-refractivity contribution is 7.12. The van der Waals surface area contributed by atoms with E-state index in [1.54, 1.807) is 42.6 Å². The van der Waals surface area contributed by atoms with Gasteiger partial charge in [0.1, 0.15) is 5.82 Å². The van der Waals surface area contributed by atoms with Crippen molar-refractivity contribution in [2.24, 2.45) is 0 Å². The molecule has 2 N–H and O–H groups in total. The molecule has 0 radical (unpaired) electrons. The van der Waals surface area contributed by atoms with Crippen LogP contribution in [0.25, 0.3) is 0 Å². The van der Waals surface area contributed by atoms with Crippen molar-refractivity contribution in [1.82, 2.24) is 4.98 Å². The number of hydrogen-bond donors (Lipinski definition) is 2. The highest BCUT2D eigenvalue weighted by Crippen LogP contribution is 2.17. The van der Waals surface area contributed by atoms with Crippen molar-refractivity contribution in [2.45, 2.75) is 0 Å². The van der Waals surface area contributed by atoms with E-state index in [-0.39, 0.29) is 11.8 Å². The largest absolute Gasteiger partial charge is 0.363 e. The maximum atomic E-state index is 12.4. The first kappa shape index (κ1) is 17.6. The lowest BCUT2D eigenvalue weighted by Gasteiger charge is -2.12. The Morgan fingerprint density at radius 3 is 2.42 bits per heavy atom. The summed E-state index contributed by atoms with van der Waals surface area (Å²) in [5, 5.41) is 7.44. The SMILES string of the molecule is CN(C)c1ccc(NC(=O)c2cccc(NC(=O)c3cccs3)c2)cn1. The molecule has 0 unspecified atom stereocenters. The van der Waals surface area contributed by atoms with Gasteiger partial charge in [0.2, 0.25) is 0 Å². The van der Waals surface area contributed by atoms with Crippen LogP contribution in [0.5, 0.6) is 0 Å². The summed E-state index contributed by atoms with van der Waals surface area (Å²) >= 11 is 1.36. The fraction of sp³-hybridized carbons (Fsp3) is 0.105. The topological polar surface area (TPSA) is 74.3 Å². The Morgan fingerprint density at radius 1 is 0.962 bits per heavy atom. The molecule has 0 saturated carbocycles. The number of anilines is 3. The molecule has 2 amide bonds. The van der Waals surface area contributed by atoms with Crippen LogP contribution in [-0.2, 0) is 0 Å². The van der Waals surface area contributed by atoms with Crippen molar-refractivity contribution >= 4 is 40.3 Å². The molecule has 0 aliphatic carbocycles. The molecule has 0 fully saturated rings. The van der Waals surface area contributed by atoms with Gasteiger partial charge in [-0.2, -0.15) is 0 Å². The van der Waals surface area contributed by atoms with E-state index in [0.717, 1.165) is 5.82 Å². The number of rotatable bonds is 5. The van der Waals surface area contributed by atoms with Crippen LogP contribution in [-0.4, -0.2) is 30.9 Å². The number of carbonyl (C=O) groups is 2. The Bertz CT molecular complexity index is 906. The second kappa shape index (κ2) is 7.79. The van der Waals surface area contributed by atoms with Gasteiger partial charge < -0.3 is 15.5 Å². The molecule has 0 saturated heterocycles.